The van der Waals surface area contributed by atoms with E-state index in [1.54, 1.807) is 6.07 Å². The number of nitrogens with one attached hydrogen (secondary N) is 1. The first-order valence-corrected chi connectivity index (χ1v) is 7.94. The van der Waals surface area contributed by atoms with Crippen molar-refractivity contribution in [3.63, 3.8) is 0 Å². The van der Waals surface area contributed by atoms with Crippen LogP contribution in [0.1, 0.15) is 32.1 Å². The van der Waals surface area contributed by atoms with Gasteiger partial charge in [-0.3, -0.25) is 0 Å². The molecule has 1 N–H and O–H groups in total. The normalized spacial score (nSPS) is 17.9. The fourth-order valence-electron chi connectivity index (χ4n) is 2.86. The van der Waals surface area contributed by atoms with Crippen LogP contribution in [0.15, 0.2) is 27.2 Å². The van der Waals surface area contributed by atoms with Crippen molar-refractivity contribution >= 4 is 15.9 Å². The van der Waals surface area contributed by atoms with Gasteiger partial charge in [0.15, 0.2) is 0 Å². The van der Waals surface area contributed by atoms with Crippen LogP contribution in [0.5, 0.6) is 0 Å². The number of hydrogen-bond donors (Lipinski definition) is 1. The largest absolute Gasteiger partial charge is 0.338 e. The molecule has 0 atom stereocenters. The summed E-state index contributed by atoms with van der Waals surface area (Å²) < 4.78 is 19.7. The van der Waals surface area contributed by atoms with E-state index in [1.807, 2.05) is 0 Å². The highest BCUT2D eigenvalue weighted by Gasteiger charge is 2.37. The Morgan fingerprint density at radius 2 is 2.10 bits per heavy atom. The Labute approximate surface area is 131 Å². The summed E-state index contributed by atoms with van der Waals surface area (Å²) in [7, 11) is 0. The van der Waals surface area contributed by atoms with Crippen molar-refractivity contribution in [2.45, 2.75) is 31.6 Å². The zero-order chi connectivity index (χ0) is 14.9. The van der Waals surface area contributed by atoms with Gasteiger partial charge in [0.25, 0.3) is 0 Å². The third kappa shape index (κ3) is 2.87. The minimum Gasteiger partial charge on any atom is -0.338 e. The molecule has 0 aliphatic carbocycles. The molecule has 0 bridgehead atoms. The molecule has 6 heteroatoms. The monoisotopic (exact) mass is 353 g/mol. The Morgan fingerprint density at radius 3 is 2.76 bits per heavy atom. The van der Waals surface area contributed by atoms with E-state index in [4.69, 9.17) is 4.52 Å². The fourth-order valence-corrected chi connectivity index (χ4v) is 3.33. The van der Waals surface area contributed by atoms with Crippen molar-refractivity contribution in [1.82, 2.24) is 15.5 Å². The van der Waals surface area contributed by atoms with Gasteiger partial charge < -0.3 is 9.84 Å². The average Bonchev–Trinajstić information content (AvgIpc) is 2.97. The summed E-state index contributed by atoms with van der Waals surface area (Å²) in [6.45, 7) is 4.06. The Kier molecular flexibility index (Phi) is 4.08. The van der Waals surface area contributed by atoms with Crippen LogP contribution >= 0.6 is 15.9 Å². The van der Waals surface area contributed by atoms with Crippen molar-refractivity contribution in [3.8, 4) is 11.4 Å². The van der Waals surface area contributed by atoms with Gasteiger partial charge in [0.05, 0.1) is 5.41 Å². The molecular weight excluding hydrogens is 337 g/mol. The Balaban J connectivity index is 1.95. The van der Waals surface area contributed by atoms with Gasteiger partial charge in [-0.05, 0) is 50.6 Å². The number of aromatic nitrogens is 2. The Morgan fingerprint density at radius 1 is 1.33 bits per heavy atom. The number of halogens is 2. The molecule has 2 aromatic rings. The topological polar surface area (TPSA) is 51.0 Å². The minimum absolute atomic E-state index is 0.0545. The van der Waals surface area contributed by atoms with E-state index in [1.165, 1.54) is 12.1 Å². The highest BCUT2D eigenvalue weighted by molar-refractivity contribution is 9.10. The second-order valence-electron chi connectivity index (χ2n) is 5.47. The molecule has 1 aromatic carbocycles. The number of hydrogen-bond acceptors (Lipinski definition) is 4. The van der Waals surface area contributed by atoms with Crippen LogP contribution in [0.4, 0.5) is 4.39 Å². The molecule has 0 unspecified atom stereocenters. The van der Waals surface area contributed by atoms with Crippen LogP contribution in [-0.2, 0) is 5.41 Å². The highest BCUT2D eigenvalue weighted by atomic mass is 79.9. The summed E-state index contributed by atoms with van der Waals surface area (Å²) in [6.07, 6.45) is 2.93. The molecule has 3 rings (SSSR count). The maximum Gasteiger partial charge on any atom is 0.233 e. The lowest BCUT2D eigenvalue weighted by Crippen LogP contribution is -2.39. The standard InChI is InChI=1S/C15H17BrFN3O/c1-2-15(3-5-18-6-4-15)14-19-13(20-21-14)10-7-11(16)9-12(17)8-10/h7-9,18H,2-6H2,1H3. The maximum absolute atomic E-state index is 13.5. The molecule has 21 heavy (non-hydrogen) atoms. The first kappa shape index (κ1) is 14.7. The van der Waals surface area contributed by atoms with Gasteiger partial charge in [0.2, 0.25) is 11.7 Å². The van der Waals surface area contributed by atoms with Crippen molar-refractivity contribution in [3.05, 3.63) is 34.4 Å². The van der Waals surface area contributed by atoms with Crippen LogP contribution in [-0.4, -0.2) is 23.2 Å². The molecule has 0 saturated carbocycles. The molecule has 1 saturated heterocycles. The van der Waals surface area contributed by atoms with Gasteiger partial charge in [-0.25, -0.2) is 4.39 Å². The smallest absolute Gasteiger partial charge is 0.233 e. The van der Waals surface area contributed by atoms with Crippen molar-refractivity contribution in [1.29, 1.82) is 0 Å². The molecule has 112 valence electrons. The van der Waals surface area contributed by atoms with E-state index in [0.717, 1.165) is 32.4 Å². The average molecular weight is 354 g/mol. The summed E-state index contributed by atoms with van der Waals surface area (Å²) >= 11 is 3.28. The molecule has 0 spiro atoms. The molecule has 1 aliphatic heterocycles. The van der Waals surface area contributed by atoms with E-state index in [2.05, 4.69) is 38.3 Å². The first-order valence-electron chi connectivity index (χ1n) is 7.14. The van der Waals surface area contributed by atoms with Gasteiger partial charge >= 0.3 is 0 Å². The fraction of sp³-hybridized carbons (Fsp3) is 0.467. The summed E-state index contributed by atoms with van der Waals surface area (Å²) in [4.78, 5) is 4.54. The summed E-state index contributed by atoms with van der Waals surface area (Å²) in [5.41, 5.74) is 0.568. The molecule has 1 aromatic heterocycles. The van der Waals surface area contributed by atoms with Crippen LogP contribution in [0.25, 0.3) is 11.4 Å². The highest BCUT2D eigenvalue weighted by Crippen LogP contribution is 2.36. The minimum atomic E-state index is -0.321. The third-order valence-electron chi connectivity index (χ3n) is 4.24. The summed E-state index contributed by atoms with van der Waals surface area (Å²) in [5, 5.41) is 7.39. The van der Waals surface area contributed by atoms with Gasteiger partial charge in [0.1, 0.15) is 5.82 Å². The van der Waals surface area contributed by atoms with E-state index < -0.39 is 0 Å². The van der Waals surface area contributed by atoms with Gasteiger partial charge in [-0.1, -0.05) is 28.0 Å². The maximum atomic E-state index is 13.5. The Hall–Kier alpha value is -1.27. The molecule has 2 heterocycles. The second-order valence-corrected chi connectivity index (χ2v) is 6.38. The van der Waals surface area contributed by atoms with Crippen LogP contribution in [0.3, 0.4) is 0 Å². The SMILES string of the molecule is CCC1(c2nc(-c3cc(F)cc(Br)c3)no2)CCNCC1. The van der Waals surface area contributed by atoms with Gasteiger partial charge in [-0.15, -0.1) is 0 Å². The van der Waals surface area contributed by atoms with Crippen molar-refractivity contribution < 1.29 is 8.91 Å². The zero-order valence-electron chi connectivity index (χ0n) is 11.8. The number of piperidine rings is 1. The van der Waals surface area contributed by atoms with Gasteiger partial charge in [0, 0.05) is 10.0 Å². The molecule has 1 aliphatic rings. The van der Waals surface area contributed by atoms with Gasteiger partial charge in [-0.2, -0.15) is 4.98 Å². The number of rotatable bonds is 3. The second kappa shape index (κ2) is 5.85. The van der Waals surface area contributed by atoms with Crippen LogP contribution in [0.2, 0.25) is 0 Å². The third-order valence-corrected chi connectivity index (χ3v) is 4.70. The molecular formula is C15H17BrFN3O. The molecule has 0 amide bonds. The zero-order valence-corrected chi connectivity index (χ0v) is 13.4. The molecule has 0 radical (unpaired) electrons. The van der Waals surface area contributed by atoms with Crippen molar-refractivity contribution in [2.24, 2.45) is 0 Å². The van der Waals surface area contributed by atoms with Crippen molar-refractivity contribution in [2.75, 3.05) is 13.1 Å². The lowest BCUT2D eigenvalue weighted by atomic mass is 9.76. The quantitative estimate of drug-likeness (QED) is 0.914. The predicted molar refractivity (Wildman–Crippen MR) is 81.5 cm³/mol. The summed E-state index contributed by atoms with van der Waals surface area (Å²) in [6, 6.07) is 4.62. The van der Waals surface area contributed by atoms with Crippen LogP contribution in [0, 0.1) is 5.82 Å². The summed E-state index contributed by atoms with van der Waals surface area (Å²) in [5.74, 6) is 0.788. The number of benzene rings is 1. The lowest BCUT2D eigenvalue weighted by molar-refractivity contribution is 0.216. The van der Waals surface area contributed by atoms with E-state index >= 15 is 0 Å². The van der Waals surface area contributed by atoms with Crippen LogP contribution < -0.4 is 5.32 Å². The Bertz CT molecular complexity index is 617. The number of nitrogens with zero attached hydrogens (tertiary/aromatic N) is 2. The molecule has 1 fully saturated rings. The van der Waals surface area contributed by atoms with E-state index in [0.29, 0.717) is 21.8 Å². The lowest BCUT2D eigenvalue weighted by Gasteiger charge is -2.33. The van der Waals surface area contributed by atoms with E-state index in [-0.39, 0.29) is 11.2 Å². The molecule has 4 nitrogen and oxygen atoms in total. The first-order chi connectivity index (χ1) is 10.1. The predicted octanol–water partition coefficient (Wildman–Crippen LogP) is 3.67. The van der Waals surface area contributed by atoms with E-state index in [9.17, 15) is 4.39 Å².